The van der Waals surface area contributed by atoms with E-state index in [4.69, 9.17) is 9.47 Å². The average Bonchev–Trinajstić information content (AvgIpc) is 2.90. The van der Waals surface area contributed by atoms with Gasteiger partial charge in [0.25, 0.3) is 15.9 Å². The largest absolute Gasteiger partial charge is 0.414 e. The van der Waals surface area contributed by atoms with Crippen LogP contribution in [0.2, 0.25) is 0 Å². The number of sulfonamides is 1. The van der Waals surface area contributed by atoms with Crippen molar-refractivity contribution in [1.82, 2.24) is 20.3 Å². The first-order valence-corrected chi connectivity index (χ1v) is 14.1. The Morgan fingerprint density at radius 2 is 1.71 bits per heavy atom. The number of hydrogen-bond acceptors (Lipinski definition) is 8. The van der Waals surface area contributed by atoms with Gasteiger partial charge in [-0.25, -0.2) is 22.9 Å². The molecular formula is C26H34N4O7S. The number of nitrogens with one attached hydrogen (secondary N) is 3. The number of aromatic nitrogens is 1. The highest BCUT2D eigenvalue weighted by atomic mass is 32.2. The lowest BCUT2D eigenvalue weighted by molar-refractivity contribution is -0.122. The molecule has 1 fully saturated rings. The second-order valence-electron chi connectivity index (χ2n) is 9.08. The van der Waals surface area contributed by atoms with Crippen molar-refractivity contribution in [1.29, 1.82) is 0 Å². The first-order chi connectivity index (χ1) is 18.3. The number of amides is 3. The topological polar surface area (TPSA) is 153 Å². The van der Waals surface area contributed by atoms with E-state index in [1.165, 1.54) is 50.6 Å². The Balaban J connectivity index is 1.46. The third kappa shape index (κ3) is 9.42. The predicted octanol–water partition coefficient (Wildman–Crippen LogP) is 2.56. The third-order valence-corrected chi connectivity index (χ3v) is 7.51. The zero-order valence-corrected chi connectivity index (χ0v) is 22.2. The molecule has 0 aliphatic heterocycles. The van der Waals surface area contributed by atoms with Gasteiger partial charge < -0.3 is 20.1 Å². The molecule has 11 nitrogen and oxygen atoms in total. The first kappa shape index (κ1) is 29.1. The van der Waals surface area contributed by atoms with E-state index in [1.807, 2.05) is 4.72 Å². The highest BCUT2D eigenvalue weighted by Crippen LogP contribution is 2.26. The quantitative estimate of drug-likeness (QED) is 0.344. The van der Waals surface area contributed by atoms with Crippen molar-refractivity contribution in [2.75, 3.05) is 26.8 Å². The molecule has 38 heavy (non-hydrogen) atoms. The van der Waals surface area contributed by atoms with Gasteiger partial charge in [0.05, 0.1) is 17.1 Å². The van der Waals surface area contributed by atoms with Gasteiger partial charge >= 0.3 is 6.09 Å². The van der Waals surface area contributed by atoms with Gasteiger partial charge in [-0.05, 0) is 48.9 Å². The molecule has 1 aromatic heterocycles. The number of carbonyl (C=O) groups is 3. The van der Waals surface area contributed by atoms with Gasteiger partial charge in [0.15, 0.2) is 0 Å². The molecule has 2 aromatic rings. The molecule has 1 heterocycles. The Labute approximate surface area is 222 Å². The van der Waals surface area contributed by atoms with Crippen LogP contribution in [0.5, 0.6) is 5.88 Å². The molecular weight excluding hydrogens is 512 g/mol. The second-order valence-corrected chi connectivity index (χ2v) is 10.8. The number of hydrogen-bond donors (Lipinski definition) is 3. The number of rotatable bonds is 12. The van der Waals surface area contributed by atoms with Crippen molar-refractivity contribution >= 4 is 27.9 Å². The Kier molecular flexibility index (Phi) is 11.0. The summed E-state index contributed by atoms with van der Waals surface area (Å²) in [6.45, 7) is 1.04. The van der Waals surface area contributed by atoms with Crippen LogP contribution >= 0.6 is 0 Å². The lowest BCUT2D eigenvalue weighted by Crippen LogP contribution is -2.31. The summed E-state index contributed by atoms with van der Waals surface area (Å²) in [6, 6.07) is 8.69. The van der Waals surface area contributed by atoms with E-state index in [9.17, 15) is 22.8 Å². The third-order valence-electron chi connectivity index (χ3n) is 6.17. The summed E-state index contributed by atoms with van der Waals surface area (Å²) in [5.74, 6) is -0.403. The molecule has 3 amide bonds. The lowest BCUT2D eigenvalue weighted by Gasteiger charge is -2.20. The molecule has 1 aromatic carbocycles. The number of pyridine rings is 1. The highest BCUT2D eigenvalue weighted by molar-refractivity contribution is 7.90. The standard InChI is InChI=1S/C26H34N4O7S/c1-36-16-15-28-26(33)37-24-12-9-21(18-29-24)25(32)30-38(34,35)22-10-7-19(8-11-22)13-14-27-23(31)17-20-5-3-2-4-6-20/h7-12,18,20H,2-6,13-17H2,1H3,(H,27,31)(H,28,33)(H,30,32). The van der Waals surface area contributed by atoms with Crippen LogP contribution in [0.25, 0.3) is 0 Å². The molecule has 1 saturated carbocycles. The van der Waals surface area contributed by atoms with Gasteiger partial charge in [-0.3, -0.25) is 9.59 Å². The van der Waals surface area contributed by atoms with Crippen molar-refractivity contribution in [3.05, 3.63) is 53.7 Å². The molecule has 1 aliphatic carbocycles. The number of methoxy groups -OCH3 is 1. The Morgan fingerprint density at radius 1 is 0.974 bits per heavy atom. The molecule has 0 unspecified atom stereocenters. The van der Waals surface area contributed by atoms with E-state index in [-0.39, 0.29) is 28.8 Å². The number of carbonyl (C=O) groups excluding carboxylic acids is 3. The van der Waals surface area contributed by atoms with Gasteiger partial charge in [-0.1, -0.05) is 31.4 Å². The minimum Gasteiger partial charge on any atom is -0.391 e. The summed E-state index contributed by atoms with van der Waals surface area (Å²) < 4.78 is 37.1. The van der Waals surface area contributed by atoms with Gasteiger partial charge in [-0.15, -0.1) is 0 Å². The summed E-state index contributed by atoms with van der Waals surface area (Å²) in [5.41, 5.74) is 0.834. The van der Waals surface area contributed by atoms with Gasteiger partial charge in [0.2, 0.25) is 11.8 Å². The Hall–Kier alpha value is -3.51. The Morgan fingerprint density at radius 3 is 2.37 bits per heavy atom. The molecule has 3 N–H and O–H groups in total. The van der Waals surface area contributed by atoms with Crippen LogP contribution in [0.4, 0.5) is 4.79 Å². The van der Waals surface area contributed by atoms with Crippen LogP contribution in [0.15, 0.2) is 47.5 Å². The van der Waals surface area contributed by atoms with Crippen molar-refractivity contribution in [3.63, 3.8) is 0 Å². The minimum absolute atomic E-state index is 0.0266. The number of benzene rings is 1. The summed E-state index contributed by atoms with van der Waals surface area (Å²) in [6.07, 6.45) is 7.37. The molecule has 3 rings (SSSR count). The van der Waals surface area contributed by atoms with Crippen LogP contribution < -0.4 is 20.1 Å². The van der Waals surface area contributed by atoms with E-state index in [0.29, 0.717) is 31.9 Å². The fraction of sp³-hybridized carbons (Fsp3) is 0.462. The monoisotopic (exact) mass is 546 g/mol. The van der Waals surface area contributed by atoms with Gasteiger partial charge in [0, 0.05) is 38.9 Å². The van der Waals surface area contributed by atoms with Gasteiger partial charge in [-0.2, -0.15) is 0 Å². The maximum Gasteiger partial charge on any atom is 0.414 e. The maximum atomic E-state index is 12.7. The molecule has 206 valence electrons. The number of ether oxygens (including phenoxy) is 2. The minimum atomic E-state index is -4.12. The van der Waals surface area contributed by atoms with Crippen molar-refractivity contribution in [2.45, 2.75) is 49.8 Å². The van der Waals surface area contributed by atoms with Crippen LogP contribution in [0, 0.1) is 5.92 Å². The zero-order valence-electron chi connectivity index (χ0n) is 21.4. The van der Waals surface area contributed by atoms with Crippen LogP contribution in [-0.2, 0) is 26.0 Å². The Bertz CT molecular complexity index is 1180. The van der Waals surface area contributed by atoms with Crippen molar-refractivity contribution < 1.29 is 32.3 Å². The molecule has 0 bridgehead atoms. The molecule has 0 atom stereocenters. The predicted molar refractivity (Wildman–Crippen MR) is 139 cm³/mol. The summed E-state index contributed by atoms with van der Waals surface area (Å²) in [4.78, 5) is 40.0. The van der Waals surface area contributed by atoms with Gasteiger partial charge in [0.1, 0.15) is 0 Å². The molecule has 0 radical (unpaired) electrons. The lowest BCUT2D eigenvalue weighted by atomic mass is 9.87. The van der Waals surface area contributed by atoms with E-state index in [1.54, 1.807) is 12.1 Å². The molecule has 0 spiro atoms. The van der Waals surface area contributed by atoms with E-state index in [0.717, 1.165) is 24.6 Å². The highest BCUT2D eigenvalue weighted by Gasteiger charge is 2.20. The van der Waals surface area contributed by atoms with E-state index in [2.05, 4.69) is 15.6 Å². The molecule has 12 heteroatoms. The van der Waals surface area contributed by atoms with Crippen LogP contribution in [0.3, 0.4) is 0 Å². The SMILES string of the molecule is COCCNC(=O)Oc1ccc(C(=O)NS(=O)(=O)c2ccc(CCNC(=O)CC3CCCCC3)cc2)cn1. The van der Waals surface area contributed by atoms with Crippen molar-refractivity contribution in [2.24, 2.45) is 5.92 Å². The zero-order chi connectivity index (χ0) is 27.4. The summed E-state index contributed by atoms with van der Waals surface area (Å²) in [5, 5.41) is 5.39. The molecule has 1 aliphatic rings. The fourth-order valence-electron chi connectivity index (χ4n) is 4.11. The molecule has 0 saturated heterocycles. The van der Waals surface area contributed by atoms with E-state index >= 15 is 0 Å². The maximum absolute atomic E-state index is 12.7. The summed E-state index contributed by atoms with van der Waals surface area (Å²) in [7, 11) is -2.63. The average molecular weight is 547 g/mol. The second kappa shape index (κ2) is 14.4. The van der Waals surface area contributed by atoms with Crippen molar-refractivity contribution in [3.8, 4) is 5.88 Å². The number of nitrogens with zero attached hydrogens (tertiary/aromatic N) is 1. The first-order valence-electron chi connectivity index (χ1n) is 12.6. The normalized spacial score (nSPS) is 13.9. The van der Waals surface area contributed by atoms with Crippen LogP contribution in [-0.4, -0.2) is 58.1 Å². The smallest absolute Gasteiger partial charge is 0.391 e. The van der Waals surface area contributed by atoms with Crippen LogP contribution in [0.1, 0.15) is 54.4 Å². The summed E-state index contributed by atoms with van der Waals surface area (Å²) >= 11 is 0. The van der Waals surface area contributed by atoms with E-state index < -0.39 is 22.0 Å². The fourth-order valence-corrected chi connectivity index (χ4v) is 5.08.